The zero-order valence-electron chi connectivity index (χ0n) is 13.3. The maximum Gasteiger partial charge on any atom is 0.267 e. The van der Waals surface area contributed by atoms with Crippen molar-refractivity contribution in [1.82, 2.24) is 9.78 Å². The minimum absolute atomic E-state index is 0.200. The van der Waals surface area contributed by atoms with E-state index >= 15 is 0 Å². The van der Waals surface area contributed by atoms with Gasteiger partial charge in [-0.3, -0.25) is 4.79 Å². The molecule has 0 saturated heterocycles. The first-order valence-electron chi connectivity index (χ1n) is 7.71. The molecule has 1 aromatic heterocycles. The van der Waals surface area contributed by atoms with E-state index in [4.69, 9.17) is 4.74 Å². The average Bonchev–Trinajstić information content (AvgIpc) is 2.60. The van der Waals surface area contributed by atoms with E-state index in [1.165, 1.54) is 22.9 Å². The molecule has 2 aromatic carbocycles. The van der Waals surface area contributed by atoms with E-state index in [1.54, 1.807) is 18.2 Å². The zero-order chi connectivity index (χ0) is 16.9. The van der Waals surface area contributed by atoms with E-state index in [9.17, 15) is 9.18 Å². The van der Waals surface area contributed by atoms with E-state index in [-0.39, 0.29) is 11.4 Å². The minimum atomic E-state index is -0.304. The molecule has 0 amide bonds. The van der Waals surface area contributed by atoms with E-state index < -0.39 is 0 Å². The predicted octanol–water partition coefficient (Wildman–Crippen LogP) is 3.50. The minimum Gasteiger partial charge on any atom is -0.494 e. The van der Waals surface area contributed by atoms with Gasteiger partial charge in [0, 0.05) is 11.6 Å². The molecule has 0 fully saturated rings. The number of halogens is 1. The molecule has 0 aliphatic carbocycles. The number of aromatic nitrogens is 2. The molecule has 122 valence electrons. The molecule has 5 heteroatoms. The van der Waals surface area contributed by atoms with Crippen molar-refractivity contribution in [3.8, 4) is 17.0 Å². The van der Waals surface area contributed by atoms with Crippen molar-refractivity contribution in [2.75, 3.05) is 6.61 Å². The molecule has 0 N–H and O–H groups in total. The Balaban J connectivity index is 1.88. The molecule has 4 nitrogen and oxygen atoms in total. The number of hydrogen-bond donors (Lipinski definition) is 0. The number of rotatable bonds is 5. The summed E-state index contributed by atoms with van der Waals surface area (Å²) >= 11 is 0. The molecular formula is C19H17FN2O2. The summed E-state index contributed by atoms with van der Waals surface area (Å²) in [5.74, 6) is 0.489. The summed E-state index contributed by atoms with van der Waals surface area (Å²) in [5, 5.41) is 4.41. The largest absolute Gasteiger partial charge is 0.494 e. The highest BCUT2D eigenvalue weighted by molar-refractivity contribution is 5.59. The first-order chi connectivity index (χ1) is 11.7. The van der Waals surface area contributed by atoms with Gasteiger partial charge in [-0.2, -0.15) is 5.10 Å². The van der Waals surface area contributed by atoms with Gasteiger partial charge in [0.2, 0.25) is 0 Å². The molecule has 0 atom stereocenters. The highest BCUT2D eigenvalue weighted by atomic mass is 19.1. The van der Waals surface area contributed by atoms with Crippen LogP contribution < -0.4 is 10.3 Å². The van der Waals surface area contributed by atoms with Crippen LogP contribution in [0.15, 0.2) is 65.5 Å². The van der Waals surface area contributed by atoms with Crippen LogP contribution in [0.4, 0.5) is 4.39 Å². The van der Waals surface area contributed by atoms with Crippen LogP contribution in [0.3, 0.4) is 0 Å². The summed E-state index contributed by atoms with van der Waals surface area (Å²) in [4.78, 5) is 12.0. The van der Waals surface area contributed by atoms with E-state index in [2.05, 4.69) is 5.10 Å². The van der Waals surface area contributed by atoms with Crippen molar-refractivity contribution >= 4 is 0 Å². The predicted molar refractivity (Wildman–Crippen MR) is 90.6 cm³/mol. The Morgan fingerprint density at radius 2 is 1.71 bits per heavy atom. The van der Waals surface area contributed by atoms with Crippen molar-refractivity contribution in [2.45, 2.75) is 13.5 Å². The summed E-state index contributed by atoms with van der Waals surface area (Å²) in [6.45, 7) is 2.84. The van der Waals surface area contributed by atoms with Gasteiger partial charge in [0.15, 0.2) is 0 Å². The Morgan fingerprint density at radius 3 is 2.38 bits per heavy atom. The lowest BCUT2D eigenvalue weighted by molar-refractivity contribution is 0.340. The highest BCUT2D eigenvalue weighted by Crippen LogP contribution is 2.20. The molecule has 24 heavy (non-hydrogen) atoms. The lowest BCUT2D eigenvalue weighted by atomic mass is 10.1. The average molecular weight is 324 g/mol. The smallest absolute Gasteiger partial charge is 0.267 e. The first kappa shape index (κ1) is 15.9. The first-order valence-corrected chi connectivity index (χ1v) is 7.71. The molecule has 0 radical (unpaired) electrons. The van der Waals surface area contributed by atoms with Gasteiger partial charge in [-0.05, 0) is 55.0 Å². The van der Waals surface area contributed by atoms with Gasteiger partial charge < -0.3 is 4.74 Å². The van der Waals surface area contributed by atoms with E-state index in [1.807, 2.05) is 31.2 Å². The van der Waals surface area contributed by atoms with Gasteiger partial charge in [0.25, 0.3) is 5.56 Å². The molecule has 3 rings (SSSR count). The summed E-state index contributed by atoms with van der Waals surface area (Å²) in [7, 11) is 0. The Morgan fingerprint density at radius 1 is 1.00 bits per heavy atom. The second kappa shape index (κ2) is 7.08. The molecule has 0 saturated carbocycles. The second-order valence-corrected chi connectivity index (χ2v) is 5.30. The van der Waals surface area contributed by atoms with Gasteiger partial charge in [0.05, 0.1) is 18.8 Å². The molecule has 0 spiro atoms. The monoisotopic (exact) mass is 324 g/mol. The van der Waals surface area contributed by atoms with Crippen LogP contribution in [0, 0.1) is 5.82 Å². The van der Waals surface area contributed by atoms with Crippen LogP contribution in [0.5, 0.6) is 5.75 Å². The van der Waals surface area contributed by atoms with Crippen LogP contribution >= 0.6 is 0 Å². The number of nitrogens with zero attached hydrogens (tertiary/aromatic N) is 2. The van der Waals surface area contributed by atoms with Gasteiger partial charge in [-0.15, -0.1) is 0 Å². The third kappa shape index (κ3) is 3.68. The highest BCUT2D eigenvalue weighted by Gasteiger charge is 2.05. The fourth-order valence-electron chi connectivity index (χ4n) is 2.37. The Hall–Kier alpha value is -2.95. The fraction of sp³-hybridized carbons (Fsp3) is 0.158. The molecule has 0 bridgehead atoms. The zero-order valence-corrected chi connectivity index (χ0v) is 13.3. The van der Waals surface area contributed by atoms with Crippen molar-refractivity contribution in [2.24, 2.45) is 0 Å². The molecule has 0 unspecified atom stereocenters. The van der Waals surface area contributed by atoms with Gasteiger partial charge in [-0.25, -0.2) is 9.07 Å². The van der Waals surface area contributed by atoms with E-state index in [0.717, 1.165) is 16.9 Å². The van der Waals surface area contributed by atoms with Crippen LogP contribution in [-0.4, -0.2) is 16.4 Å². The maximum absolute atomic E-state index is 13.0. The number of ether oxygens (including phenoxy) is 1. The molecule has 0 aliphatic rings. The SMILES string of the molecule is CCOc1ccc(-c2ccc(=O)n(Cc3ccc(F)cc3)n2)cc1. The Kier molecular flexibility index (Phi) is 4.70. The summed E-state index contributed by atoms with van der Waals surface area (Å²) in [6.07, 6.45) is 0. The van der Waals surface area contributed by atoms with Gasteiger partial charge in [0.1, 0.15) is 11.6 Å². The van der Waals surface area contributed by atoms with Crippen LogP contribution in [0.25, 0.3) is 11.3 Å². The second-order valence-electron chi connectivity index (χ2n) is 5.30. The van der Waals surface area contributed by atoms with Gasteiger partial charge >= 0.3 is 0 Å². The lowest BCUT2D eigenvalue weighted by Crippen LogP contribution is -2.22. The molecule has 3 aromatic rings. The molecular weight excluding hydrogens is 307 g/mol. The molecule has 0 aliphatic heterocycles. The fourth-order valence-corrected chi connectivity index (χ4v) is 2.37. The maximum atomic E-state index is 13.0. The quantitative estimate of drug-likeness (QED) is 0.721. The third-order valence-electron chi connectivity index (χ3n) is 3.57. The van der Waals surface area contributed by atoms with Gasteiger partial charge in [-0.1, -0.05) is 12.1 Å². The lowest BCUT2D eigenvalue weighted by Gasteiger charge is -2.08. The molecule has 1 heterocycles. The van der Waals surface area contributed by atoms with Crippen LogP contribution in [-0.2, 0) is 6.54 Å². The standard InChI is InChI=1S/C19H17FN2O2/c1-2-24-17-9-5-15(6-10-17)18-11-12-19(23)22(21-18)13-14-3-7-16(20)8-4-14/h3-12H,2,13H2,1H3. The Labute approximate surface area is 139 Å². The van der Waals surface area contributed by atoms with Crippen molar-refractivity contribution in [3.63, 3.8) is 0 Å². The normalized spacial score (nSPS) is 10.6. The van der Waals surface area contributed by atoms with Crippen LogP contribution in [0.1, 0.15) is 12.5 Å². The van der Waals surface area contributed by atoms with E-state index in [0.29, 0.717) is 18.8 Å². The number of benzene rings is 2. The van der Waals surface area contributed by atoms with Crippen molar-refractivity contribution in [1.29, 1.82) is 0 Å². The Bertz CT molecular complexity index is 871. The van der Waals surface area contributed by atoms with Crippen LogP contribution in [0.2, 0.25) is 0 Å². The summed E-state index contributed by atoms with van der Waals surface area (Å²) in [5.41, 5.74) is 2.20. The summed E-state index contributed by atoms with van der Waals surface area (Å²) < 4.78 is 19.8. The third-order valence-corrected chi connectivity index (χ3v) is 3.57. The topological polar surface area (TPSA) is 44.1 Å². The van der Waals surface area contributed by atoms with Crippen molar-refractivity contribution < 1.29 is 9.13 Å². The van der Waals surface area contributed by atoms with Crippen molar-refractivity contribution in [3.05, 3.63) is 82.4 Å². The summed E-state index contributed by atoms with van der Waals surface area (Å²) in [6, 6.07) is 16.8. The number of hydrogen-bond acceptors (Lipinski definition) is 3.